The highest BCUT2D eigenvalue weighted by Gasteiger charge is 2.29. The number of hydrogen-bond donors (Lipinski definition) is 3. The smallest absolute Gasteiger partial charge is 0.344 e. The Morgan fingerprint density at radius 2 is 2.19 bits per heavy atom. The number of aromatic amines is 1. The number of rotatable bonds is 4. The van der Waals surface area contributed by atoms with Crippen molar-refractivity contribution < 1.29 is 9.18 Å². The number of carbonyl (C=O) groups is 1. The van der Waals surface area contributed by atoms with Crippen LogP contribution in [0.25, 0.3) is 0 Å². The molecule has 0 saturated heterocycles. The summed E-state index contributed by atoms with van der Waals surface area (Å²) in [6.45, 7) is 0. The minimum atomic E-state index is -0.740. The first-order chi connectivity index (χ1) is 9.97. The van der Waals surface area contributed by atoms with Crippen LogP contribution in [0.3, 0.4) is 0 Å². The molecule has 0 atom stereocenters. The Kier molecular flexibility index (Phi) is 3.20. The van der Waals surface area contributed by atoms with Crippen LogP contribution in [0.5, 0.6) is 0 Å². The summed E-state index contributed by atoms with van der Waals surface area (Å²) in [5, 5.41) is 6.58. The number of nitrogens with zero attached hydrogens (tertiary/aromatic N) is 2. The Morgan fingerprint density at radius 1 is 1.48 bits per heavy atom. The van der Waals surface area contributed by atoms with Gasteiger partial charge in [-0.15, -0.1) is 5.10 Å². The van der Waals surface area contributed by atoms with E-state index >= 15 is 0 Å². The van der Waals surface area contributed by atoms with E-state index in [0.29, 0.717) is 5.16 Å². The van der Waals surface area contributed by atoms with E-state index in [0.717, 1.165) is 30.7 Å². The van der Waals surface area contributed by atoms with Gasteiger partial charge in [0.15, 0.2) is 5.16 Å². The summed E-state index contributed by atoms with van der Waals surface area (Å²) in [5.74, 6) is -1.34. The normalized spacial score (nSPS) is 14.3. The number of nitrogen functional groups attached to an aromatic ring is 1. The molecule has 1 aliphatic rings. The zero-order chi connectivity index (χ0) is 15.1. The topological polar surface area (TPSA) is 120 Å². The van der Waals surface area contributed by atoms with Crippen molar-refractivity contribution in [3.63, 3.8) is 0 Å². The summed E-state index contributed by atoms with van der Waals surface area (Å²) in [6, 6.07) is 2.41. The lowest BCUT2D eigenvalue weighted by atomic mass is 10.1. The minimum Gasteiger partial charge on any atom is -0.398 e. The fraction of sp³-hybridized carbons (Fsp3) is 0.250. The maximum Gasteiger partial charge on any atom is 0.344 e. The SMILES string of the molecule is NC(=O)c1cc(Sc2n[nH]c(=O)n2C2CC2)c(F)cc1N. The maximum atomic E-state index is 14.0. The van der Waals surface area contributed by atoms with Crippen molar-refractivity contribution >= 4 is 23.4 Å². The molecule has 9 heteroatoms. The third-order valence-corrected chi connectivity index (χ3v) is 4.16. The van der Waals surface area contributed by atoms with Crippen molar-refractivity contribution in [2.75, 3.05) is 5.73 Å². The largest absolute Gasteiger partial charge is 0.398 e. The van der Waals surface area contributed by atoms with Gasteiger partial charge in [-0.3, -0.25) is 9.36 Å². The Morgan fingerprint density at radius 3 is 2.81 bits per heavy atom. The molecular formula is C12H12FN5O2S. The van der Waals surface area contributed by atoms with Crippen LogP contribution in [0.4, 0.5) is 10.1 Å². The van der Waals surface area contributed by atoms with Crippen LogP contribution in [-0.2, 0) is 0 Å². The number of H-pyrrole nitrogens is 1. The summed E-state index contributed by atoms with van der Waals surface area (Å²) >= 11 is 0.953. The van der Waals surface area contributed by atoms with Crippen LogP contribution >= 0.6 is 11.8 Å². The van der Waals surface area contributed by atoms with E-state index in [2.05, 4.69) is 10.2 Å². The lowest BCUT2D eigenvalue weighted by Gasteiger charge is -2.08. The number of aromatic nitrogens is 3. The molecule has 2 aromatic rings. The molecular weight excluding hydrogens is 297 g/mol. The van der Waals surface area contributed by atoms with Crippen LogP contribution in [0, 0.1) is 5.82 Å². The van der Waals surface area contributed by atoms with Crippen molar-refractivity contribution in [2.45, 2.75) is 28.9 Å². The van der Waals surface area contributed by atoms with Gasteiger partial charge >= 0.3 is 5.69 Å². The second kappa shape index (κ2) is 4.92. The fourth-order valence-corrected chi connectivity index (χ4v) is 2.93. The molecule has 1 heterocycles. The standard InChI is InChI=1S/C12H12FN5O2S/c13-7-4-8(14)6(10(15)19)3-9(7)21-12-17-16-11(20)18(12)5-1-2-5/h3-5H,1-2,14H2,(H2,15,19)(H,16,20). The van der Waals surface area contributed by atoms with Gasteiger partial charge in [0.05, 0.1) is 10.5 Å². The average Bonchev–Trinajstić information content (AvgIpc) is 3.17. The summed E-state index contributed by atoms with van der Waals surface area (Å²) < 4.78 is 15.4. The third kappa shape index (κ3) is 2.51. The van der Waals surface area contributed by atoms with Gasteiger partial charge in [0.25, 0.3) is 5.91 Å². The molecule has 0 radical (unpaired) electrons. The predicted octanol–water partition coefficient (Wildman–Crippen LogP) is 0.878. The molecule has 0 bridgehead atoms. The summed E-state index contributed by atoms with van der Waals surface area (Å²) in [6.07, 6.45) is 1.79. The number of amides is 1. The molecule has 110 valence electrons. The van der Waals surface area contributed by atoms with E-state index in [1.165, 1.54) is 10.6 Å². The van der Waals surface area contributed by atoms with Crippen molar-refractivity contribution in [2.24, 2.45) is 5.73 Å². The highest BCUT2D eigenvalue weighted by Crippen LogP contribution is 2.38. The lowest BCUT2D eigenvalue weighted by molar-refractivity contribution is 0.100. The zero-order valence-electron chi connectivity index (χ0n) is 10.8. The molecule has 7 nitrogen and oxygen atoms in total. The van der Waals surface area contributed by atoms with Gasteiger partial charge in [0, 0.05) is 11.7 Å². The highest BCUT2D eigenvalue weighted by molar-refractivity contribution is 7.99. The van der Waals surface area contributed by atoms with Gasteiger partial charge in [0.1, 0.15) is 5.82 Å². The van der Waals surface area contributed by atoms with E-state index in [-0.39, 0.29) is 27.9 Å². The number of anilines is 1. The number of benzene rings is 1. The summed E-state index contributed by atoms with van der Waals surface area (Å²) in [7, 11) is 0. The van der Waals surface area contributed by atoms with E-state index in [1.807, 2.05) is 0 Å². The molecule has 1 fully saturated rings. The molecule has 1 amide bonds. The summed E-state index contributed by atoms with van der Waals surface area (Å²) in [5.41, 5.74) is 10.4. The summed E-state index contributed by atoms with van der Waals surface area (Å²) in [4.78, 5) is 23.1. The van der Waals surface area contributed by atoms with E-state index in [1.54, 1.807) is 0 Å². The molecule has 0 aliphatic heterocycles. The molecule has 1 aromatic heterocycles. The van der Waals surface area contributed by atoms with Crippen LogP contribution in [0.1, 0.15) is 29.2 Å². The van der Waals surface area contributed by atoms with Crippen LogP contribution in [-0.4, -0.2) is 20.7 Å². The maximum absolute atomic E-state index is 14.0. The highest BCUT2D eigenvalue weighted by atomic mass is 32.2. The third-order valence-electron chi connectivity index (χ3n) is 3.15. The van der Waals surface area contributed by atoms with Crippen molar-refractivity contribution in [3.05, 3.63) is 34.0 Å². The fourth-order valence-electron chi connectivity index (χ4n) is 1.98. The number of primary amides is 1. The van der Waals surface area contributed by atoms with Crippen LogP contribution in [0.15, 0.2) is 27.0 Å². The minimum absolute atomic E-state index is 0.0223. The average molecular weight is 309 g/mol. The van der Waals surface area contributed by atoms with E-state index in [9.17, 15) is 14.0 Å². The first-order valence-electron chi connectivity index (χ1n) is 6.21. The van der Waals surface area contributed by atoms with Gasteiger partial charge in [-0.05, 0) is 36.7 Å². The predicted molar refractivity (Wildman–Crippen MR) is 74.6 cm³/mol. The van der Waals surface area contributed by atoms with Crippen LogP contribution < -0.4 is 17.2 Å². The molecule has 1 aromatic carbocycles. The second-order valence-electron chi connectivity index (χ2n) is 4.75. The van der Waals surface area contributed by atoms with Gasteiger partial charge < -0.3 is 11.5 Å². The molecule has 1 saturated carbocycles. The van der Waals surface area contributed by atoms with Gasteiger partial charge in [-0.2, -0.15) is 0 Å². The number of nitrogens with two attached hydrogens (primary N) is 2. The molecule has 21 heavy (non-hydrogen) atoms. The first kappa shape index (κ1) is 13.7. The monoisotopic (exact) mass is 309 g/mol. The molecule has 3 rings (SSSR count). The van der Waals surface area contributed by atoms with Gasteiger partial charge in [0.2, 0.25) is 0 Å². The Bertz CT molecular complexity index is 780. The Hall–Kier alpha value is -2.29. The quantitative estimate of drug-likeness (QED) is 0.724. The number of nitrogens with one attached hydrogen (secondary N) is 1. The zero-order valence-corrected chi connectivity index (χ0v) is 11.6. The second-order valence-corrected chi connectivity index (χ2v) is 5.76. The van der Waals surface area contributed by atoms with Crippen molar-refractivity contribution in [1.29, 1.82) is 0 Å². The van der Waals surface area contributed by atoms with E-state index in [4.69, 9.17) is 11.5 Å². The van der Waals surface area contributed by atoms with Crippen molar-refractivity contribution in [3.8, 4) is 0 Å². The van der Waals surface area contributed by atoms with Gasteiger partial charge in [-0.25, -0.2) is 14.3 Å². The van der Waals surface area contributed by atoms with Crippen molar-refractivity contribution in [1.82, 2.24) is 14.8 Å². The molecule has 5 N–H and O–H groups in total. The Balaban J connectivity index is 2.00. The molecule has 1 aliphatic carbocycles. The van der Waals surface area contributed by atoms with Crippen LogP contribution in [0.2, 0.25) is 0 Å². The molecule has 0 unspecified atom stereocenters. The van der Waals surface area contributed by atoms with E-state index < -0.39 is 11.7 Å². The van der Waals surface area contributed by atoms with Gasteiger partial charge in [-0.1, -0.05) is 0 Å². The first-order valence-corrected chi connectivity index (χ1v) is 7.02. The lowest BCUT2D eigenvalue weighted by Crippen LogP contribution is -2.16. The Labute approximate surface area is 122 Å². The number of hydrogen-bond acceptors (Lipinski definition) is 5. The molecule has 0 spiro atoms. The number of carbonyl (C=O) groups excluding carboxylic acids is 1. The number of halogens is 1.